The first-order chi connectivity index (χ1) is 44.1. The van der Waals surface area contributed by atoms with Crippen LogP contribution in [-0.2, 0) is 103 Å². The molecule has 29 nitrogen and oxygen atoms in total. The van der Waals surface area contributed by atoms with Gasteiger partial charge in [-0.05, 0) is 67.5 Å². The first-order valence-electron chi connectivity index (χ1n) is 30.3. The summed E-state index contributed by atoms with van der Waals surface area (Å²) in [4.78, 5) is 146. The Morgan fingerprint density at radius 2 is 1.41 bits per heavy atom. The number of esters is 1. The Kier molecular flexibility index (Phi) is 24.1. The number of ether oxygens (including phenoxy) is 8. The number of amides is 7. The van der Waals surface area contributed by atoms with Crippen LogP contribution < -0.4 is 41.6 Å². The number of hydrogen-bond donors (Lipinski definition) is 7. The molecule has 0 fully saturated rings. The van der Waals surface area contributed by atoms with Crippen LogP contribution in [-0.4, -0.2) is 169 Å². The van der Waals surface area contributed by atoms with Gasteiger partial charge in [0.15, 0.2) is 17.1 Å². The SMILES string of the molecule is CC[C@@]1(O)C(=O)OCc2c1cc1n(c2=O)Cc2c-1nc1cc3c(cc1c2CNC(=O)OCc1ccc(NC(=O)[C@H](CCC(=O)O)NC(=O)[C@H](C)NC(=O)[C@H](CC(=O)CCOCCOCCOCCOCCNC(=O)CCN2C(=O)C=CC2=O)CC(C)C)cc1)OCO3. The zero-order valence-electron chi connectivity index (χ0n) is 51.6. The number of aliphatic hydroxyl groups is 1. The fourth-order valence-corrected chi connectivity index (χ4v) is 10.7. The van der Waals surface area contributed by atoms with Gasteiger partial charge in [0.1, 0.15) is 31.1 Å². The lowest BCUT2D eigenvalue weighted by atomic mass is 9.86. The number of rotatable bonds is 36. The highest BCUT2D eigenvalue weighted by atomic mass is 16.7. The molecule has 4 aliphatic rings. The monoisotopic (exact) mass is 1280 g/mol. The van der Waals surface area contributed by atoms with Gasteiger partial charge in [-0.2, -0.15) is 0 Å². The van der Waals surface area contributed by atoms with Crippen molar-refractivity contribution >= 4 is 75.8 Å². The average Bonchev–Trinajstić information content (AvgIpc) is 1.57. The number of nitrogens with one attached hydrogen (secondary N) is 5. The summed E-state index contributed by atoms with van der Waals surface area (Å²) in [7, 11) is 0. The number of carbonyl (C=O) groups is 10. The molecule has 29 heteroatoms. The lowest BCUT2D eigenvalue weighted by Gasteiger charge is -2.31. The normalized spacial score (nSPS) is 16.1. The Hall–Kier alpha value is -9.16. The van der Waals surface area contributed by atoms with Gasteiger partial charge >= 0.3 is 18.0 Å². The van der Waals surface area contributed by atoms with Crippen molar-refractivity contribution in [2.75, 3.05) is 78.1 Å². The number of benzene rings is 2. The second kappa shape index (κ2) is 32.2. The molecule has 494 valence electrons. The van der Waals surface area contributed by atoms with Crippen LogP contribution >= 0.6 is 0 Å². The number of fused-ring (bicyclic) bond motifs is 6. The summed E-state index contributed by atoms with van der Waals surface area (Å²) in [6.07, 6.45) is 0.965. The van der Waals surface area contributed by atoms with E-state index in [2.05, 4.69) is 26.6 Å². The molecule has 0 spiro atoms. The molecule has 4 atom stereocenters. The average molecular weight is 1280 g/mol. The molecule has 4 aromatic rings. The minimum Gasteiger partial charge on any atom is -0.481 e. The maximum Gasteiger partial charge on any atom is 0.407 e. The Morgan fingerprint density at radius 3 is 2.08 bits per heavy atom. The second-order valence-corrected chi connectivity index (χ2v) is 22.6. The number of carboxylic acids is 1. The summed E-state index contributed by atoms with van der Waals surface area (Å²) < 4.78 is 45.5. The highest BCUT2D eigenvalue weighted by Gasteiger charge is 2.46. The Bertz CT molecular complexity index is 3520. The zero-order valence-corrected chi connectivity index (χ0v) is 51.6. The first-order valence-corrected chi connectivity index (χ1v) is 30.3. The van der Waals surface area contributed by atoms with Gasteiger partial charge in [-0.25, -0.2) is 14.6 Å². The maximum atomic E-state index is 14.0. The van der Waals surface area contributed by atoms with E-state index >= 15 is 0 Å². The van der Waals surface area contributed by atoms with Gasteiger partial charge in [0.2, 0.25) is 30.4 Å². The van der Waals surface area contributed by atoms with E-state index in [1.165, 1.54) is 23.6 Å². The van der Waals surface area contributed by atoms with Crippen molar-refractivity contribution in [1.29, 1.82) is 0 Å². The third-order valence-corrected chi connectivity index (χ3v) is 15.6. The van der Waals surface area contributed by atoms with Crippen molar-refractivity contribution in [2.24, 2.45) is 11.8 Å². The molecule has 0 aliphatic carbocycles. The van der Waals surface area contributed by atoms with E-state index < -0.39 is 83.2 Å². The molecule has 7 N–H and O–H groups in total. The zero-order chi connectivity index (χ0) is 66.1. The highest BCUT2D eigenvalue weighted by Crippen LogP contribution is 2.43. The van der Waals surface area contributed by atoms with Crippen LogP contribution in [0.3, 0.4) is 0 Å². The Labute approximate surface area is 528 Å². The van der Waals surface area contributed by atoms with Crippen LogP contribution in [0.5, 0.6) is 11.5 Å². The number of cyclic esters (lactones) is 1. The molecular formula is C63H76N8O21. The number of carboxylic acid groups (broad SMARTS) is 1. The van der Waals surface area contributed by atoms with E-state index in [9.17, 15) is 63.0 Å². The van der Waals surface area contributed by atoms with Crippen molar-refractivity contribution in [3.63, 3.8) is 0 Å². The van der Waals surface area contributed by atoms with Crippen molar-refractivity contribution in [2.45, 2.75) is 117 Å². The lowest BCUT2D eigenvalue weighted by molar-refractivity contribution is -0.172. The van der Waals surface area contributed by atoms with Crippen molar-refractivity contribution in [3.8, 4) is 22.9 Å². The minimum atomic E-state index is -2.03. The topological polar surface area (TPSA) is 383 Å². The number of hydrogen-bond acceptors (Lipinski definition) is 21. The van der Waals surface area contributed by atoms with Crippen molar-refractivity contribution < 1.29 is 96.1 Å². The molecule has 6 heterocycles. The second-order valence-electron chi connectivity index (χ2n) is 22.6. The summed E-state index contributed by atoms with van der Waals surface area (Å²) in [5, 5.41) is 34.8. The molecule has 0 unspecified atom stereocenters. The molecule has 8 rings (SSSR count). The predicted molar refractivity (Wildman–Crippen MR) is 323 cm³/mol. The number of alkyl carbamates (subject to hydrolysis) is 1. The van der Waals surface area contributed by atoms with E-state index in [1.54, 1.807) is 37.3 Å². The van der Waals surface area contributed by atoms with Crippen molar-refractivity contribution in [3.05, 3.63) is 92.8 Å². The number of imide groups is 1. The van der Waals surface area contributed by atoms with Gasteiger partial charge in [0.05, 0.1) is 81.9 Å². The van der Waals surface area contributed by atoms with Crippen LogP contribution in [0.4, 0.5) is 10.5 Å². The number of ketones is 1. The molecule has 0 bridgehead atoms. The smallest absolute Gasteiger partial charge is 0.407 e. The van der Waals surface area contributed by atoms with Crippen LogP contribution in [0.25, 0.3) is 22.3 Å². The van der Waals surface area contributed by atoms with E-state index in [0.29, 0.717) is 70.1 Å². The van der Waals surface area contributed by atoms with E-state index in [0.717, 1.165) is 17.1 Å². The number of carbonyl (C=O) groups excluding carboxylic acids is 9. The molecule has 4 aliphatic heterocycles. The standard InChI is InChI=1S/C63H76N8O21/c1-5-63(84)46-29-49-56-44(32-71(49)60(81)45(46)34-89-61(63)82)43(42-28-50-51(92-35-91-50)30-48(42)68-56)31-65-62(83)90-33-38-6-8-40(9-7-38)67-59(80)47(10-13-55(76)77)69-57(78)37(4)66-58(79)39(26-36(2)3)27-41(72)15-18-85-20-22-87-24-25-88-23-21-86-19-16-64-52(73)14-17-70-53(74)11-12-54(70)75/h6-9,11-12,28-30,36-37,39,47,84H,5,10,13-27,31-35H2,1-4H3,(H,64,73)(H,65,83)(H,66,79)(H,67,80)(H,69,78)(H,76,77)/t37-,39-,47-,63-/m0/s1. The number of aliphatic carboxylic acids is 1. The van der Waals surface area contributed by atoms with Gasteiger partial charge in [0, 0.05) is 91.7 Å². The quantitative estimate of drug-likeness (QED) is 0.0172. The molecule has 2 aromatic carbocycles. The summed E-state index contributed by atoms with van der Waals surface area (Å²) >= 11 is 0. The minimum absolute atomic E-state index is 0.00354. The summed E-state index contributed by atoms with van der Waals surface area (Å²) in [5.41, 5.74) is 1.06. The lowest BCUT2D eigenvalue weighted by Crippen LogP contribution is -2.52. The van der Waals surface area contributed by atoms with Crippen LogP contribution in [0.1, 0.15) is 100 Å². The van der Waals surface area contributed by atoms with Crippen LogP contribution in [0, 0.1) is 11.8 Å². The fourth-order valence-electron chi connectivity index (χ4n) is 10.7. The van der Waals surface area contributed by atoms with Crippen LogP contribution in [0.15, 0.2) is 59.4 Å². The van der Waals surface area contributed by atoms with Gasteiger partial charge in [0.25, 0.3) is 17.4 Å². The van der Waals surface area contributed by atoms with Gasteiger partial charge < -0.3 is 79.3 Å². The third kappa shape index (κ3) is 17.9. The molecule has 0 radical (unpaired) electrons. The van der Waals surface area contributed by atoms with E-state index in [4.69, 9.17) is 42.9 Å². The van der Waals surface area contributed by atoms with E-state index in [-0.39, 0.29) is 152 Å². The first kappa shape index (κ1) is 68.7. The maximum absolute atomic E-state index is 14.0. The number of aromatic nitrogens is 2. The van der Waals surface area contributed by atoms with Gasteiger partial charge in [-0.15, -0.1) is 0 Å². The molecule has 7 amide bonds. The molecule has 0 saturated carbocycles. The third-order valence-electron chi connectivity index (χ3n) is 15.6. The van der Waals surface area contributed by atoms with Crippen molar-refractivity contribution in [1.82, 2.24) is 35.7 Å². The van der Waals surface area contributed by atoms with Gasteiger partial charge in [-0.1, -0.05) is 32.9 Å². The highest BCUT2D eigenvalue weighted by molar-refractivity contribution is 6.13. The van der Waals surface area contributed by atoms with Crippen LogP contribution in [0.2, 0.25) is 0 Å². The number of nitrogens with zero attached hydrogens (tertiary/aromatic N) is 3. The Balaban J connectivity index is 0.738. The number of pyridine rings is 2. The largest absolute Gasteiger partial charge is 0.481 e. The van der Waals surface area contributed by atoms with Gasteiger partial charge in [-0.3, -0.25) is 48.1 Å². The number of anilines is 1. The molecule has 92 heavy (non-hydrogen) atoms. The molecule has 2 aromatic heterocycles. The van der Waals surface area contributed by atoms with E-state index in [1.807, 2.05) is 13.8 Å². The predicted octanol–water partition coefficient (Wildman–Crippen LogP) is 2.54. The number of Topliss-reactive ketones (excluding diaryl/α,β-unsaturated/α-hetero) is 1. The molecular weight excluding hydrogens is 1200 g/mol. The molecule has 0 saturated heterocycles. The fraction of sp³-hybridized carbons (Fsp3) is 0.492. The summed E-state index contributed by atoms with van der Waals surface area (Å²) in [6.45, 7) is 8.46. The summed E-state index contributed by atoms with van der Waals surface area (Å²) in [6, 6.07) is 8.70. The Morgan fingerprint density at radius 1 is 0.750 bits per heavy atom. The summed E-state index contributed by atoms with van der Waals surface area (Å²) in [5.74, 6) is -5.42.